The lowest BCUT2D eigenvalue weighted by Crippen LogP contribution is -2.36. The summed E-state index contributed by atoms with van der Waals surface area (Å²) in [4.78, 5) is 13.1. The fourth-order valence-corrected chi connectivity index (χ4v) is 3.80. The normalized spacial score (nSPS) is 30.2. The minimum Gasteiger partial charge on any atom is -0.497 e. The first-order valence-corrected chi connectivity index (χ1v) is 10.8. The van der Waals surface area contributed by atoms with Crippen LogP contribution in [-0.2, 0) is 18.9 Å². The maximum atomic E-state index is 14.7. The van der Waals surface area contributed by atoms with Crippen LogP contribution in [-0.4, -0.2) is 62.3 Å². The Labute approximate surface area is 192 Å². The van der Waals surface area contributed by atoms with Crippen LogP contribution in [0, 0.1) is 0 Å². The SMILES string of the molecule is COCOc1cc(OC)cc2c1C(=O)OC(C)C/C=C(/F)C(O)C1OC(C)(C)O[C@@H]1C/C=C/2. The molecule has 0 saturated carbocycles. The van der Waals surface area contributed by atoms with Crippen molar-refractivity contribution < 1.29 is 42.7 Å². The summed E-state index contributed by atoms with van der Waals surface area (Å²) >= 11 is 0. The van der Waals surface area contributed by atoms with Crippen LogP contribution < -0.4 is 9.47 Å². The van der Waals surface area contributed by atoms with E-state index in [4.69, 9.17) is 28.4 Å². The number of esters is 1. The van der Waals surface area contributed by atoms with Gasteiger partial charge in [-0.2, -0.15) is 0 Å². The third kappa shape index (κ3) is 6.11. The molecular formula is C24H31FO8. The van der Waals surface area contributed by atoms with Crippen LogP contribution in [0.5, 0.6) is 11.5 Å². The molecule has 2 aliphatic rings. The van der Waals surface area contributed by atoms with E-state index >= 15 is 0 Å². The predicted molar refractivity (Wildman–Crippen MR) is 118 cm³/mol. The van der Waals surface area contributed by atoms with Crippen LogP contribution in [0.3, 0.4) is 0 Å². The summed E-state index contributed by atoms with van der Waals surface area (Å²) in [6.45, 7) is 4.97. The second-order valence-corrected chi connectivity index (χ2v) is 8.40. The van der Waals surface area contributed by atoms with Gasteiger partial charge >= 0.3 is 5.97 Å². The third-order valence-corrected chi connectivity index (χ3v) is 5.31. The number of methoxy groups -OCH3 is 2. The van der Waals surface area contributed by atoms with E-state index < -0.39 is 42.0 Å². The lowest BCUT2D eigenvalue weighted by molar-refractivity contribution is -0.153. The van der Waals surface area contributed by atoms with Gasteiger partial charge < -0.3 is 33.5 Å². The molecule has 2 heterocycles. The first-order chi connectivity index (χ1) is 15.6. The minimum absolute atomic E-state index is 0.0614. The second kappa shape index (κ2) is 10.6. The molecule has 1 aromatic carbocycles. The van der Waals surface area contributed by atoms with E-state index in [9.17, 15) is 14.3 Å². The molecule has 182 valence electrons. The van der Waals surface area contributed by atoms with Gasteiger partial charge in [0.15, 0.2) is 12.6 Å². The quantitative estimate of drug-likeness (QED) is 0.530. The van der Waals surface area contributed by atoms with Gasteiger partial charge in [0.05, 0.1) is 13.2 Å². The molecule has 33 heavy (non-hydrogen) atoms. The highest BCUT2D eigenvalue weighted by Crippen LogP contribution is 2.35. The smallest absolute Gasteiger partial charge is 0.342 e. The van der Waals surface area contributed by atoms with Gasteiger partial charge in [-0.05, 0) is 44.9 Å². The van der Waals surface area contributed by atoms with Crippen LogP contribution in [0.25, 0.3) is 6.08 Å². The maximum absolute atomic E-state index is 14.7. The summed E-state index contributed by atoms with van der Waals surface area (Å²) in [7, 11) is 2.98. The van der Waals surface area contributed by atoms with Gasteiger partial charge in [0, 0.05) is 19.6 Å². The summed E-state index contributed by atoms with van der Waals surface area (Å²) in [5.74, 6) is -1.66. The molecule has 3 unspecified atom stereocenters. The highest BCUT2D eigenvalue weighted by atomic mass is 19.1. The minimum atomic E-state index is -1.50. The Kier molecular flexibility index (Phi) is 8.12. The van der Waals surface area contributed by atoms with Crippen LogP contribution in [0.4, 0.5) is 4.39 Å². The third-order valence-electron chi connectivity index (χ3n) is 5.31. The Hall–Kier alpha value is -2.46. The number of aliphatic hydroxyl groups is 1. The number of cyclic esters (lactones) is 1. The van der Waals surface area contributed by atoms with Crippen molar-refractivity contribution in [3.05, 3.63) is 41.2 Å². The highest BCUT2D eigenvalue weighted by Gasteiger charge is 2.45. The Morgan fingerprint density at radius 1 is 1.21 bits per heavy atom. The van der Waals surface area contributed by atoms with Crippen molar-refractivity contribution in [3.63, 3.8) is 0 Å². The van der Waals surface area contributed by atoms with Crippen molar-refractivity contribution >= 4 is 12.0 Å². The number of halogens is 1. The van der Waals surface area contributed by atoms with Gasteiger partial charge in [-0.3, -0.25) is 0 Å². The molecule has 8 nitrogen and oxygen atoms in total. The average Bonchev–Trinajstić information content (AvgIpc) is 3.08. The van der Waals surface area contributed by atoms with Crippen molar-refractivity contribution in [2.75, 3.05) is 21.0 Å². The molecule has 0 aliphatic carbocycles. The number of fused-ring (bicyclic) bond motifs is 2. The number of rotatable bonds is 4. The molecule has 2 aliphatic heterocycles. The molecule has 4 atom stereocenters. The van der Waals surface area contributed by atoms with E-state index in [0.29, 0.717) is 17.7 Å². The van der Waals surface area contributed by atoms with Gasteiger partial charge in [0.2, 0.25) is 0 Å². The fourth-order valence-electron chi connectivity index (χ4n) is 3.80. The van der Waals surface area contributed by atoms with E-state index in [1.54, 1.807) is 45.1 Å². The average molecular weight is 467 g/mol. The summed E-state index contributed by atoms with van der Waals surface area (Å²) in [6, 6.07) is 3.26. The predicted octanol–water partition coefficient (Wildman–Crippen LogP) is 3.76. The lowest BCUT2D eigenvalue weighted by atomic mass is 10.0. The maximum Gasteiger partial charge on any atom is 0.342 e. The highest BCUT2D eigenvalue weighted by molar-refractivity contribution is 5.97. The number of benzene rings is 1. The molecule has 1 N–H and O–H groups in total. The Bertz CT molecular complexity index is 910. The van der Waals surface area contributed by atoms with E-state index in [2.05, 4.69) is 0 Å². The molecular weight excluding hydrogens is 435 g/mol. The van der Waals surface area contributed by atoms with Crippen molar-refractivity contribution in [2.24, 2.45) is 0 Å². The van der Waals surface area contributed by atoms with E-state index in [1.165, 1.54) is 20.3 Å². The number of carbonyl (C=O) groups is 1. The largest absolute Gasteiger partial charge is 0.497 e. The van der Waals surface area contributed by atoms with E-state index in [1.807, 2.05) is 0 Å². The van der Waals surface area contributed by atoms with Gasteiger partial charge in [0.1, 0.15) is 41.2 Å². The summed E-state index contributed by atoms with van der Waals surface area (Å²) in [5, 5.41) is 10.5. The first-order valence-electron chi connectivity index (χ1n) is 10.8. The van der Waals surface area contributed by atoms with Crippen molar-refractivity contribution in [2.45, 2.75) is 63.8 Å². The Morgan fingerprint density at radius 3 is 2.67 bits per heavy atom. The van der Waals surface area contributed by atoms with Crippen LogP contribution in [0.2, 0.25) is 0 Å². The van der Waals surface area contributed by atoms with Gasteiger partial charge in [-0.25, -0.2) is 9.18 Å². The zero-order valence-corrected chi connectivity index (χ0v) is 19.5. The monoisotopic (exact) mass is 466 g/mol. The summed E-state index contributed by atoms with van der Waals surface area (Å²) in [5.41, 5.74) is 0.699. The molecule has 1 saturated heterocycles. The number of ether oxygens (including phenoxy) is 6. The number of carbonyl (C=O) groups excluding carboxylic acids is 1. The molecule has 0 amide bonds. The van der Waals surface area contributed by atoms with Gasteiger partial charge in [-0.1, -0.05) is 12.2 Å². The fraction of sp³-hybridized carbons (Fsp3) is 0.542. The van der Waals surface area contributed by atoms with Crippen molar-refractivity contribution in [1.82, 2.24) is 0 Å². The van der Waals surface area contributed by atoms with Gasteiger partial charge in [0.25, 0.3) is 0 Å². The first kappa shape index (κ1) is 25.2. The van der Waals surface area contributed by atoms with Crippen LogP contribution in [0.1, 0.15) is 49.5 Å². The standard InChI is InChI=1S/C24H31FO8/c1-14-9-10-17(25)21(26)22-18(32-24(2,3)33-22)8-6-7-15-11-16(29-5)12-19(30-13-28-4)20(15)23(27)31-14/h6-7,10-12,14,18,21-22,26H,8-9,13H2,1-5H3/b7-6+,17-10+/t14?,18-,21?,22?/m1/s1. The Morgan fingerprint density at radius 2 is 1.97 bits per heavy atom. The summed E-state index contributed by atoms with van der Waals surface area (Å²) in [6.07, 6.45) is 1.37. The Balaban J connectivity index is 2.05. The van der Waals surface area contributed by atoms with E-state index in [0.717, 1.165) is 0 Å². The topological polar surface area (TPSA) is 92.7 Å². The molecule has 0 aromatic heterocycles. The van der Waals surface area contributed by atoms with E-state index in [-0.39, 0.29) is 24.5 Å². The lowest BCUT2D eigenvalue weighted by Gasteiger charge is -2.22. The molecule has 1 fully saturated rings. The van der Waals surface area contributed by atoms with Gasteiger partial charge in [-0.15, -0.1) is 0 Å². The molecule has 9 heteroatoms. The molecule has 0 radical (unpaired) electrons. The van der Waals surface area contributed by atoms with Crippen LogP contribution in [0.15, 0.2) is 30.1 Å². The molecule has 0 spiro atoms. The molecule has 1 aromatic rings. The zero-order chi connectivity index (χ0) is 24.2. The zero-order valence-electron chi connectivity index (χ0n) is 19.5. The number of hydrogen-bond donors (Lipinski definition) is 1. The van der Waals surface area contributed by atoms with Crippen molar-refractivity contribution in [3.8, 4) is 11.5 Å². The van der Waals surface area contributed by atoms with Crippen LogP contribution >= 0.6 is 0 Å². The number of hydrogen-bond acceptors (Lipinski definition) is 8. The van der Waals surface area contributed by atoms with Crippen molar-refractivity contribution in [1.29, 1.82) is 0 Å². The summed E-state index contributed by atoms with van der Waals surface area (Å²) < 4.78 is 47.9. The second-order valence-electron chi connectivity index (χ2n) is 8.40. The molecule has 0 bridgehead atoms. The number of aliphatic hydroxyl groups excluding tert-OH is 1. The molecule has 3 rings (SSSR count).